The van der Waals surface area contributed by atoms with Gasteiger partial charge in [-0.15, -0.1) is 0 Å². The minimum Gasteiger partial charge on any atom is -0.370 e. The fourth-order valence-corrected chi connectivity index (χ4v) is 3.76. The third kappa shape index (κ3) is 4.95. The van der Waals surface area contributed by atoms with Gasteiger partial charge >= 0.3 is 0 Å². The molecule has 1 atom stereocenters. The van der Waals surface area contributed by atoms with Gasteiger partial charge < -0.3 is 10.6 Å². The first-order valence-electron chi connectivity index (χ1n) is 9.49. The standard InChI is InChI=1S/C22H27N3O2/c1-17-7-5-8-18(15-17)20-11-6-13-24(20)16-22(27)25(14-12-21(23)26)19-9-3-2-4-10-19/h2-5,7-10,15,20H,6,11-14,16H2,1H3,(H2,23,26)/t20-/m0/s1. The Balaban J connectivity index is 1.75. The Morgan fingerprint density at radius 1 is 1.15 bits per heavy atom. The van der Waals surface area contributed by atoms with E-state index in [0.717, 1.165) is 25.1 Å². The molecule has 0 radical (unpaired) electrons. The van der Waals surface area contributed by atoms with Gasteiger partial charge in [-0.25, -0.2) is 0 Å². The Kier molecular flexibility index (Phi) is 6.24. The largest absolute Gasteiger partial charge is 0.370 e. The first-order valence-corrected chi connectivity index (χ1v) is 9.49. The van der Waals surface area contributed by atoms with Crippen molar-refractivity contribution in [2.24, 2.45) is 5.73 Å². The van der Waals surface area contributed by atoms with E-state index in [1.807, 2.05) is 30.3 Å². The van der Waals surface area contributed by atoms with Crippen molar-refractivity contribution >= 4 is 17.5 Å². The number of anilines is 1. The van der Waals surface area contributed by atoms with Gasteiger partial charge in [-0.05, 0) is 44.0 Å². The molecule has 1 saturated heterocycles. The Labute approximate surface area is 160 Å². The zero-order valence-corrected chi connectivity index (χ0v) is 15.8. The van der Waals surface area contributed by atoms with Crippen molar-refractivity contribution < 1.29 is 9.59 Å². The summed E-state index contributed by atoms with van der Waals surface area (Å²) in [7, 11) is 0. The quantitative estimate of drug-likeness (QED) is 0.820. The molecule has 0 saturated carbocycles. The molecule has 2 amide bonds. The number of benzene rings is 2. The summed E-state index contributed by atoms with van der Waals surface area (Å²) in [4.78, 5) is 28.3. The monoisotopic (exact) mass is 365 g/mol. The van der Waals surface area contributed by atoms with Gasteiger partial charge in [0, 0.05) is 24.7 Å². The molecule has 0 unspecified atom stereocenters. The lowest BCUT2D eigenvalue weighted by molar-refractivity contribution is -0.120. The number of carbonyl (C=O) groups excluding carboxylic acids is 2. The zero-order valence-electron chi connectivity index (χ0n) is 15.8. The van der Waals surface area contributed by atoms with Crippen LogP contribution in [0, 0.1) is 6.92 Å². The third-order valence-electron chi connectivity index (χ3n) is 5.08. The molecule has 1 aliphatic heterocycles. The van der Waals surface area contributed by atoms with E-state index in [-0.39, 0.29) is 18.4 Å². The van der Waals surface area contributed by atoms with E-state index in [1.54, 1.807) is 4.90 Å². The van der Waals surface area contributed by atoms with Crippen molar-refractivity contribution in [1.29, 1.82) is 0 Å². The number of aryl methyl sites for hydroxylation is 1. The summed E-state index contributed by atoms with van der Waals surface area (Å²) in [6.07, 6.45) is 2.30. The number of carbonyl (C=O) groups is 2. The van der Waals surface area contributed by atoms with Crippen LogP contribution in [0.1, 0.15) is 36.4 Å². The summed E-state index contributed by atoms with van der Waals surface area (Å²) < 4.78 is 0. The molecule has 0 aliphatic carbocycles. The average molecular weight is 365 g/mol. The second-order valence-electron chi connectivity index (χ2n) is 7.14. The lowest BCUT2D eigenvalue weighted by atomic mass is 10.0. The number of para-hydroxylation sites is 1. The molecule has 5 heteroatoms. The topological polar surface area (TPSA) is 66.6 Å². The Hall–Kier alpha value is -2.66. The number of likely N-dealkylation sites (tertiary alicyclic amines) is 1. The highest BCUT2D eigenvalue weighted by Gasteiger charge is 2.29. The van der Waals surface area contributed by atoms with Crippen LogP contribution in [-0.2, 0) is 9.59 Å². The minimum atomic E-state index is -0.400. The first-order chi connectivity index (χ1) is 13.0. The van der Waals surface area contributed by atoms with E-state index >= 15 is 0 Å². The average Bonchev–Trinajstić information content (AvgIpc) is 3.10. The van der Waals surface area contributed by atoms with Gasteiger partial charge in [0.2, 0.25) is 11.8 Å². The molecule has 0 spiro atoms. The van der Waals surface area contributed by atoms with Crippen molar-refractivity contribution in [3.63, 3.8) is 0 Å². The van der Waals surface area contributed by atoms with Crippen molar-refractivity contribution in [1.82, 2.24) is 4.90 Å². The maximum absolute atomic E-state index is 13.1. The smallest absolute Gasteiger partial charge is 0.241 e. The van der Waals surface area contributed by atoms with Gasteiger partial charge in [0.25, 0.3) is 0 Å². The molecule has 5 nitrogen and oxygen atoms in total. The van der Waals surface area contributed by atoms with Crippen LogP contribution < -0.4 is 10.6 Å². The molecule has 1 fully saturated rings. The van der Waals surface area contributed by atoms with E-state index in [1.165, 1.54) is 11.1 Å². The Morgan fingerprint density at radius 2 is 1.93 bits per heavy atom. The highest BCUT2D eigenvalue weighted by Crippen LogP contribution is 2.32. The summed E-state index contributed by atoms with van der Waals surface area (Å²) in [5.74, 6) is -0.399. The molecular formula is C22H27N3O2. The van der Waals surface area contributed by atoms with Crippen molar-refractivity contribution in [3.8, 4) is 0 Å². The molecular weight excluding hydrogens is 338 g/mol. The van der Waals surface area contributed by atoms with Crippen LogP contribution >= 0.6 is 0 Å². The molecule has 0 aromatic heterocycles. The van der Waals surface area contributed by atoms with E-state index < -0.39 is 5.91 Å². The van der Waals surface area contributed by atoms with Crippen LogP contribution in [0.3, 0.4) is 0 Å². The van der Waals surface area contributed by atoms with E-state index in [4.69, 9.17) is 5.73 Å². The van der Waals surface area contributed by atoms with Gasteiger partial charge in [0.05, 0.1) is 6.54 Å². The molecule has 2 N–H and O–H groups in total. The Morgan fingerprint density at radius 3 is 2.63 bits per heavy atom. The molecule has 0 bridgehead atoms. The van der Waals surface area contributed by atoms with Crippen LogP contribution in [0.15, 0.2) is 54.6 Å². The summed E-state index contributed by atoms with van der Waals surface area (Å²) in [6, 6.07) is 18.3. The van der Waals surface area contributed by atoms with E-state index in [9.17, 15) is 9.59 Å². The number of rotatable bonds is 7. The van der Waals surface area contributed by atoms with Crippen LogP contribution in [0.5, 0.6) is 0 Å². The Bertz CT molecular complexity index is 791. The molecule has 1 heterocycles. The number of hydrogen-bond acceptors (Lipinski definition) is 3. The fraction of sp³-hybridized carbons (Fsp3) is 0.364. The highest BCUT2D eigenvalue weighted by molar-refractivity contribution is 5.95. The number of hydrogen-bond donors (Lipinski definition) is 1. The molecule has 1 aliphatic rings. The van der Waals surface area contributed by atoms with E-state index in [2.05, 4.69) is 36.1 Å². The zero-order chi connectivity index (χ0) is 19.2. The van der Waals surface area contributed by atoms with Gasteiger partial charge in [0.15, 0.2) is 0 Å². The summed E-state index contributed by atoms with van der Waals surface area (Å²) >= 11 is 0. The number of nitrogens with two attached hydrogens (primary N) is 1. The second kappa shape index (κ2) is 8.82. The van der Waals surface area contributed by atoms with Gasteiger partial charge in [-0.3, -0.25) is 14.5 Å². The molecule has 2 aromatic rings. The minimum absolute atomic E-state index is 0.00185. The summed E-state index contributed by atoms with van der Waals surface area (Å²) in [5.41, 5.74) is 8.61. The SMILES string of the molecule is Cc1cccc([C@@H]2CCCN2CC(=O)N(CCC(N)=O)c2ccccc2)c1. The third-order valence-corrected chi connectivity index (χ3v) is 5.08. The fourth-order valence-electron chi connectivity index (χ4n) is 3.76. The highest BCUT2D eigenvalue weighted by atomic mass is 16.2. The number of nitrogens with zero attached hydrogens (tertiary/aromatic N) is 2. The van der Waals surface area contributed by atoms with Crippen LogP contribution in [0.2, 0.25) is 0 Å². The number of amides is 2. The van der Waals surface area contributed by atoms with Gasteiger partial charge in [0.1, 0.15) is 0 Å². The van der Waals surface area contributed by atoms with Crippen LogP contribution in [0.4, 0.5) is 5.69 Å². The van der Waals surface area contributed by atoms with Crippen LogP contribution in [0.25, 0.3) is 0 Å². The molecule has 3 rings (SSSR count). The molecule has 142 valence electrons. The van der Waals surface area contributed by atoms with Crippen molar-refractivity contribution in [2.75, 3.05) is 24.5 Å². The molecule has 2 aromatic carbocycles. The maximum atomic E-state index is 13.1. The number of primary amides is 1. The summed E-state index contributed by atoms with van der Waals surface area (Å²) in [5, 5.41) is 0. The van der Waals surface area contributed by atoms with Gasteiger partial charge in [-0.2, -0.15) is 0 Å². The maximum Gasteiger partial charge on any atom is 0.241 e. The lowest BCUT2D eigenvalue weighted by Gasteiger charge is -2.29. The predicted molar refractivity (Wildman–Crippen MR) is 107 cm³/mol. The van der Waals surface area contributed by atoms with E-state index in [0.29, 0.717) is 13.1 Å². The predicted octanol–water partition coefficient (Wildman–Crippen LogP) is 3.04. The van der Waals surface area contributed by atoms with Crippen molar-refractivity contribution in [3.05, 3.63) is 65.7 Å². The first kappa shape index (κ1) is 19.1. The molecule has 27 heavy (non-hydrogen) atoms. The summed E-state index contributed by atoms with van der Waals surface area (Å²) in [6.45, 7) is 3.64. The normalized spacial score (nSPS) is 17.0. The second-order valence-corrected chi connectivity index (χ2v) is 7.14. The lowest BCUT2D eigenvalue weighted by Crippen LogP contribution is -2.41. The van der Waals surface area contributed by atoms with Crippen LogP contribution in [-0.4, -0.2) is 36.3 Å². The van der Waals surface area contributed by atoms with Crippen molar-refractivity contribution in [2.45, 2.75) is 32.2 Å². The van der Waals surface area contributed by atoms with Gasteiger partial charge in [-0.1, -0.05) is 48.0 Å².